The summed E-state index contributed by atoms with van der Waals surface area (Å²) < 4.78 is 18.7. The van der Waals surface area contributed by atoms with E-state index in [4.69, 9.17) is 10.5 Å². The third-order valence-electron chi connectivity index (χ3n) is 2.35. The van der Waals surface area contributed by atoms with Crippen LogP contribution in [0.15, 0.2) is 18.2 Å². The highest BCUT2D eigenvalue weighted by Gasteiger charge is 2.20. The van der Waals surface area contributed by atoms with Crippen LogP contribution in [0.2, 0.25) is 0 Å². The van der Waals surface area contributed by atoms with Gasteiger partial charge in [0.05, 0.1) is 5.69 Å². The van der Waals surface area contributed by atoms with E-state index < -0.39 is 23.1 Å². The van der Waals surface area contributed by atoms with Crippen molar-refractivity contribution in [2.24, 2.45) is 5.73 Å². The van der Waals surface area contributed by atoms with Crippen molar-refractivity contribution in [2.45, 2.75) is 45.8 Å². The lowest BCUT2D eigenvalue weighted by Crippen LogP contribution is -2.30. The van der Waals surface area contributed by atoms with E-state index in [-0.39, 0.29) is 5.69 Å². The molecule has 0 unspecified atom stereocenters. The summed E-state index contributed by atoms with van der Waals surface area (Å²) in [6.07, 6.45) is -0.696. The van der Waals surface area contributed by atoms with Gasteiger partial charge in [0.15, 0.2) is 0 Å². The lowest BCUT2D eigenvalue weighted by Gasteiger charge is -2.22. The van der Waals surface area contributed by atoms with Crippen LogP contribution in [-0.4, -0.2) is 11.7 Å². The van der Waals surface area contributed by atoms with E-state index in [1.165, 1.54) is 12.1 Å². The monoisotopic (exact) mass is 268 g/mol. The van der Waals surface area contributed by atoms with Crippen LogP contribution >= 0.6 is 0 Å². The Morgan fingerprint density at radius 1 is 1.26 bits per heavy atom. The Labute approximate surface area is 113 Å². The van der Waals surface area contributed by atoms with Crippen LogP contribution < -0.4 is 11.1 Å². The second-order valence-electron chi connectivity index (χ2n) is 6.04. The summed E-state index contributed by atoms with van der Waals surface area (Å²) in [6, 6.07) is 4.38. The van der Waals surface area contributed by atoms with Gasteiger partial charge in [-0.25, -0.2) is 9.18 Å². The quantitative estimate of drug-likeness (QED) is 0.864. The average Bonchev–Trinajstić information content (AvgIpc) is 2.16. The van der Waals surface area contributed by atoms with Crippen molar-refractivity contribution in [2.75, 3.05) is 5.32 Å². The molecular formula is C14H21FN2O2. The molecule has 19 heavy (non-hydrogen) atoms. The number of carbonyl (C=O) groups is 1. The number of halogens is 1. The van der Waals surface area contributed by atoms with E-state index in [1.54, 1.807) is 40.7 Å². The van der Waals surface area contributed by atoms with E-state index >= 15 is 0 Å². The van der Waals surface area contributed by atoms with Gasteiger partial charge in [-0.3, -0.25) is 5.32 Å². The van der Waals surface area contributed by atoms with Crippen LogP contribution in [0.25, 0.3) is 0 Å². The van der Waals surface area contributed by atoms with Crippen LogP contribution in [0.4, 0.5) is 14.9 Å². The molecular weight excluding hydrogens is 247 g/mol. The molecule has 106 valence electrons. The molecule has 0 atom stereocenters. The molecule has 0 saturated heterocycles. The second-order valence-corrected chi connectivity index (χ2v) is 6.04. The van der Waals surface area contributed by atoms with Crippen LogP contribution in [0.1, 0.15) is 40.2 Å². The summed E-state index contributed by atoms with van der Waals surface area (Å²) in [6.45, 7) is 8.82. The Hall–Kier alpha value is -1.62. The summed E-state index contributed by atoms with van der Waals surface area (Å²) in [7, 11) is 0. The molecule has 0 saturated carbocycles. The van der Waals surface area contributed by atoms with Crippen molar-refractivity contribution < 1.29 is 13.9 Å². The highest BCUT2D eigenvalue weighted by molar-refractivity contribution is 5.85. The van der Waals surface area contributed by atoms with E-state index in [0.717, 1.165) is 5.56 Å². The Morgan fingerprint density at radius 2 is 1.84 bits per heavy atom. The molecule has 0 aliphatic carbocycles. The molecule has 1 rings (SSSR count). The smallest absolute Gasteiger partial charge is 0.412 e. The number of nitrogens with two attached hydrogens (primary N) is 1. The second kappa shape index (κ2) is 5.17. The first-order valence-corrected chi connectivity index (χ1v) is 6.08. The minimum Gasteiger partial charge on any atom is -0.444 e. The fourth-order valence-corrected chi connectivity index (χ4v) is 1.44. The molecule has 0 aliphatic heterocycles. The Balaban J connectivity index is 2.92. The van der Waals surface area contributed by atoms with Gasteiger partial charge in [-0.15, -0.1) is 0 Å². The number of amides is 1. The topological polar surface area (TPSA) is 64.3 Å². The first-order valence-electron chi connectivity index (χ1n) is 6.08. The maximum absolute atomic E-state index is 13.6. The number of benzene rings is 1. The highest BCUT2D eigenvalue weighted by Crippen LogP contribution is 2.23. The number of rotatable bonds is 2. The molecule has 0 aliphatic rings. The molecule has 1 amide bonds. The summed E-state index contributed by atoms with van der Waals surface area (Å²) >= 11 is 0. The number of nitrogens with one attached hydrogen (secondary N) is 1. The molecule has 0 radical (unpaired) electrons. The SMILES string of the molecule is CC(C)(C)OC(=O)Nc1cc(C(C)(C)N)ccc1F. The maximum Gasteiger partial charge on any atom is 0.412 e. The van der Waals surface area contributed by atoms with Crippen LogP contribution in [-0.2, 0) is 10.3 Å². The molecule has 5 heteroatoms. The number of ether oxygens (including phenoxy) is 1. The fraction of sp³-hybridized carbons (Fsp3) is 0.500. The molecule has 0 fully saturated rings. The van der Waals surface area contributed by atoms with Gasteiger partial charge in [-0.05, 0) is 52.3 Å². The first-order chi connectivity index (χ1) is 8.49. The number of carbonyl (C=O) groups excluding carboxylic acids is 1. The van der Waals surface area contributed by atoms with Crippen molar-refractivity contribution in [3.8, 4) is 0 Å². The standard InChI is InChI=1S/C14H21FN2O2/c1-13(2,3)19-12(18)17-11-8-9(14(4,5)16)6-7-10(11)15/h6-8H,16H2,1-5H3,(H,17,18). The average molecular weight is 268 g/mol. The van der Waals surface area contributed by atoms with Gasteiger partial charge >= 0.3 is 6.09 Å². The number of hydrogen-bond acceptors (Lipinski definition) is 3. The van der Waals surface area contributed by atoms with Crippen molar-refractivity contribution in [1.29, 1.82) is 0 Å². The first kappa shape index (κ1) is 15.4. The molecule has 0 heterocycles. The zero-order valence-electron chi connectivity index (χ0n) is 12.0. The summed E-state index contributed by atoms with van der Waals surface area (Å²) in [5.41, 5.74) is 5.48. The van der Waals surface area contributed by atoms with E-state index in [2.05, 4.69) is 5.32 Å². The zero-order chi connectivity index (χ0) is 14.8. The van der Waals surface area contributed by atoms with Crippen LogP contribution in [0.3, 0.4) is 0 Å². The summed E-state index contributed by atoms with van der Waals surface area (Å²) in [4.78, 5) is 11.6. The zero-order valence-corrected chi connectivity index (χ0v) is 12.0. The lowest BCUT2D eigenvalue weighted by molar-refractivity contribution is 0.0635. The van der Waals surface area contributed by atoms with Gasteiger partial charge in [0.25, 0.3) is 0 Å². The largest absolute Gasteiger partial charge is 0.444 e. The van der Waals surface area contributed by atoms with Gasteiger partial charge in [-0.2, -0.15) is 0 Å². The maximum atomic E-state index is 13.6. The predicted octanol–water partition coefficient (Wildman–Crippen LogP) is 3.37. The van der Waals surface area contributed by atoms with Gasteiger partial charge < -0.3 is 10.5 Å². The minimum absolute atomic E-state index is 0.0604. The fourth-order valence-electron chi connectivity index (χ4n) is 1.44. The predicted molar refractivity (Wildman–Crippen MR) is 73.5 cm³/mol. The number of hydrogen-bond donors (Lipinski definition) is 2. The number of anilines is 1. The third kappa shape index (κ3) is 4.87. The van der Waals surface area contributed by atoms with Crippen LogP contribution in [0, 0.1) is 5.82 Å². The summed E-state index contributed by atoms with van der Waals surface area (Å²) in [5.74, 6) is -0.529. The van der Waals surface area contributed by atoms with E-state index in [0.29, 0.717) is 0 Å². The van der Waals surface area contributed by atoms with Crippen molar-refractivity contribution in [3.63, 3.8) is 0 Å². The lowest BCUT2D eigenvalue weighted by atomic mass is 9.95. The Kier molecular flexibility index (Phi) is 4.20. The normalized spacial score (nSPS) is 12.2. The van der Waals surface area contributed by atoms with Crippen molar-refractivity contribution in [1.82, 2.24) is 0 Å². The van der Waals surface area contributed by atoms with Crippen molar-refractivity contribution in [3.05, 3.63) is 29.6 Å². The van der Waals surface area contributed by atoms with Crippen molar-refractivity contribution >= 4 is 11.8 Å². The van der Waals surface area contributed by atoms with Crippen LogP contribution in [0.5, 0.6) is 0 Å². The van der Waals surface area contributed by atoms with Gasteiger partial charge in [0, 0.05) is 5.54 Å². The Morgan fingerprint density at radius 3 is 2.32 bits per heavy atom. The Bertz CT molecular complexity index is 473. The van der Waals surface area contributed by atoms with E-state index in [1.807, 2.05) is 0 Å². The molecule has 0 aromatic heterocycles. The highest BCUT2D eigenvalue weighted by atomic mass is 19.1. The van der Waals surface area contributed by atoms with Gasteiger partial charge in [0.2, 0.25) is 0 Å². The molecule has 0 bridgehead atoms. The molecule has 1 aromatic rings. The van der Waals surface area contributed by atoms with Gasteiger partial charge in [0.1, 0.15) is 11.4 Å². The third-order valence-corrected chi connectivity index (χ3v) is 2.35. The van der Waals surface area contributed by atoms with Gasteiger partial charge in [-0.1, -0.05) is 6.07 Å². The molecule has 3 N–H and O–H groups in total. The molecule has 0 spiro atoms. The molecule has 1 aromatic carbocycles. The summed E-state index contributed by atoms with van der Waals surface area (Å²) in [5, 5.41) is 2.39. The minimum atomic E-state index is -0.696. The molecule has 4 nitrogen and oxygen atoms in total. The van der Waals surface area contributed by atoms with E-state index in [9.17, 15) is 9.18 Å².